The van der Waals surface area contributed by atoms with Gasteiger partial charge in [0.15, 0.2) is 0 Å². The number of carbonyl (C=O) groups is 1. The second kappa shape index (κ2) is 10.4. The molecule has 2 amide bonds. The highest BCUT2D eigenvalue weighted by Crippen LogP contribution is 2.19. The number of nitrogens with one attached hydrogen (secondary N) is 1. The first-order valence-electron chi connectivity index (χ1n) is 11.6. The van der Waals surface area contributed by atoms with Gasteiger partial charge in [-0.15, -0.1) is 0 Å². The number of hydrogen-bond acceptors (Lipinski definition) is 5. The lowest BCUT2D eigenvalue weighted by Crippen LogP contribution is -2.52. The van der Waals surface area contributed by atoms with Crippen LogP contribution in [0.5, 0.6) is 0 Å². The fourth-order valence-corrected chi connectivity index (χ4v) is 4.49. The second-order valence-corrected chi connectivity index (χ2v) is 9.05. The Morgan fingerprint density at radius 1 is 1.09 bits per heavy atom. The number of piperazine rings is 1. The molecular formula is C24H34FN5O2. The number of piperidine rings is 1. The molecule has 1 aromatic carbocycles. The molecule has 3 heterocycles. The zero-order chi connectivity index (χ0) is 22.5. The molecule has 0 aliphatic carbocycles. The molecule has 1 N–H and O–H groups in total. The number of oxazole rings is 1. The summed E-state index contributed by atoms with van der Waals surface area (Å²) in [7, 11) is 0. The first-order valence-corrected chi connectivity index (χ1v) is 11.6. The average molecular weight is 444 g/mol. The lowest BCUT2D eigenvalue weighted by molar-refractivity contribution is 0.130. The van der Waals surface area contributed by atoms with Gasteiger partial charge in [0.2, 0.25) is 5.89 Å². The van der Waals surface area contributed by atoms with Crippen molar-refractivity contribution in [1.29, 1.82) is 0 Å². The van der Waals surface area contributed by atoms with Crippen molar-refractivity contribution in [1.82, 2.24) is 25.0 Å². The topological polar surface area (TPSA) is 64.9 Å². The number of amides is 2. The van der Waals surface area contributed by atoms with Crippen LogP contribution in [0.4, 0.5) is 9.18 Å². The third kappa shape index (κ3) is 6.07. The zero-order valence-corrected chi connectivity index (χ0v) is 19.1. The number of urea groups is 1. The summed E-state index contributed by atoms with van der Waals surface area (Å²) in [5.41, 5.74) is 1.94. The monoisotopic (exact) mass is 443 g/mol. The predicted octanol–water partition coefficient (Wildman–Crippen LogP) is 3.17. The minimum absolute atomic E-state index is 0.0311. The number of hydrogen-bond donors (Lipinski definition) is 1. The van der Waals surface area contributed by atoms with E-state index in [9.17, 15) is 9.18 Å². The van der Waals surface area contributed by atoms with Gasteiger partial charge in [-0.1, -0.05) is 12.1 Å². The number of nitrogens with zero attached hydrogens (tertiary/aromatic N) is 4. The third-order valence-corrected chi connectivity index (χ3v) is 6.64. The molecule has 4 rings (SSSR count). The first kappa shape index (κ1) is 22.7. The Bertz CT molecular complexity index is 882. The van der Waals surface area contributed by atoms with Crippen LogP contribution in [0.1, 0.15) is 35.7 Å². The summed E-state index contributed by atoms with van der Waals surface area (Å²) >= 11 is 0. The molecular weight excluding hydrogens is 409 g/mol. The minimum Gasteiger partial charge on any atom is -0.444 e. The van der Waals surface area contributed by atoms with E-state index in [-0.39, 0.29) is 11.8 Å². The Morgan fingerprint density at radius 2 is 1.81 bits per heavy atom. The maximum atomic E-state index is 13.4. The molecule has 2 aliphatic heterocycles. The van der Waals surface area contributed by atoms with E-state index >= 15 is 0 Å². The quantitative estimate of drug-likeness (QED) is 0.743. The Morgan fingerprint density at radius 3 is 2.47 bits per heavy atom. The highest BCUT2D eigenvalue weighted by Gasteiger charge is 2.24. The van der Waals surface area contributed by atoms with Crippen molar-refractivity contribution in [2.24, 2.45) is 5.92 Å². The Balaban J connectivity index is 1.13. The van der Waals surface area contributed by atoms with Gasteiger partial charge in [0.25, 0.3) is 0 Å². The largest absolute Gasteiger partial charge is 0.444 e. The van der Waals surface area contributed by atoms with Crippen LogP contribution in [-0.4, -0.2) is 71.5 Å². The Kier molecular flexibility index (Phi) is 7.42. The van der Waals surface area contributed by atoms with Crippen LogP contribution in [0.15, 0.2) is 28.7 Å². The van der Waals surface area contributed by atoms with Crippen LogP contribution in [0, 0.1) is 25.6 Å². The molecule has 2 aliphatic rings. The molecule has 0 spiro atoms. The van der Waals surface area contributed by atoms with Crippen LogP contribution in [0.3, 0.4) is 0 Å². The molecule has 0 saturated carbocycles. The third-order valence-electron chi connectivity index (χ3n) is 6.64. The van der Waals surface area contributed by atoms with Gasteiger partial charge in [-0.05, 0) is 63.4 Å². The van der Waals surface area contributed by atoms with Gasteiger partial charge in [-0.25, -0.2) is 14.2 Å². The molecule has 0 unspecified atom stereocenters. The average Bonchev–Trinajstić information content (AvgIpc) is 3.10. The molecule has 0 radical (unpaired) electrons. The summed E-state index contributed by atoms with van der Waals surface area (Å²) in [5, 5.41) is 3.14. The summed E-state index contributed by atoms with van der Waals surface area (Å²) in [6.45, 7) is 11.2. The van der Waals surface area contributed by atoms with Crippen LogP contribution in [0.2, 0.25) is 0 Å². The highest BCUT2D eigenvalue weighted by atomic mass is 19.1. The van der Waals surface area contributed by atoms with Gasteiger partial charge in [0.1, 0.15) is 11.6 Å². The van der Waals surface area contributed by atoms with Gasteiger partial charge in [-0.3, -0.25) is 9.80 Å². The van der Waals surface area contributed by atoms with Gasteiger partial charge in [0, 0.05) is 39.3 Å². The van der Waals surface area contributed by atoms with Crippen molar-refractivity contribution >= 4 is 6.03 Å². The molecule has 2 fully saturated rings. The number of aromatic nitrogens is 1. The molecule has 8 heteroatoms. The summed E-state index contributed by atoms with van der Waals surface area (Å²) < 4.78 is 19.1. The zero-order valence-electron chi connectivity index (χ0n) is 19.1. The van der Waals surface area contributed by atoms with E-state index in [2.05, 4.69) is 20.1 Å². The molecule has 32 heavy (non-hydrogen) atoms. The van der Waals surface area contributed by atoms with Crippen molar-refractivity contribution in [2.45, 2.75) is 39.8 Å². The fraction of sp³-hybridized carbons (Fsp3) is 0.583. The molecule has 2 aromatic rings. The number of benzene rings is 1. The standard InChI is InChI=1S/C24H34FN5O2/c1-18-19(2)32-23(27-18)17-28-8-6-20(7-9-28)15-26-24(31)30-12-10-29(11-13-30)16-21-4-3-5-22(25)14-21/h3-5,14,20H,6-13,15-17H2,1-2H3,(H,26,31). The number of aryl methyl sites for hydroxylation is 2. The first-order chi connectivity index (χ1) is 15.5. The van der Waals surface area contributed by atoms with Crippen LogP contribution in [-0.2, 0) is 13.1 Å². The van der Waals surface area contributed by atoms with E-state index < -0.39 is 0 Å². The summed E-state index contributed by atoms with van der Waals surface area (Å²) in [6.07, 6.45) is 2.14. The molecule has 174 valence electrons. The Labute approximate surface area is 189 Å². The van der Waals surface area contributed by atoms with Crippen molar-refractivity contribution in [3.63, 3.8) is 0 Å². The molecule has 0 bridgehead atoms. The van der Waals surface area contributed by atoms with E-state index in [0.29, 0.717) is 19.0 Å². The maximum absolute atomic E-state index is 13.4. The van der Waals surface area contributed by atoms with Crippen molar-refractivity contribution < 1.29 is 13.6 Å². The van der Waals surface area contributed by atoms with E-state index in [1.54, 1.807) is 12.1 Å². The van der Waals surface area contributed by atoms with Gasteiger partial charge in [0.05, 0.1) is 12.2 Å². The maximum Gasteiger partial charge on any atom is 0.317 e. The van der Waals surface area contributed by atoms with Crippen LogP contribution in [0.25, 0.3) is 0 Å². The summed E-state index contributed by atoms with van der Waals surface area (Å²) in [4.78, 5) is 23.6. The summed E-state index contributed by atoms with van der Waals surface area (Å²) in [5.74, 6) is 2.00. The van der Waals surface area contributed by atoms with Crippen molar-refractivity contribution in [3.05, 3.63) is 53.0 Å². The van der Waals surface area contributed by atoms with Gasteiger partial charge in [-0.2, -0.15) is 0 Å². The normalized spacial score (nSPS) is 18.8. The van der Waals surface area contributed by atoms with Crippen molar-refractivity contribution in [2.75, 3.05) is 45.8 Å². The molecule has 2 saturated heterocycles. The van der Waals surface area contributed by atoms with Gasteiger partial charge < -0.3 is 14.6 Å². The SMILES string of the molecule is Cc1nc(CN2CCC(CNC(=O)N3CCN(Cc4cccc(F)c4)CC3)CC2)oc1C. The number of likely N-dealkylation sites (tertiary alicyclic amines) is 1. The van der Waals surface area contributed by atoms with E-state index in [4.69, 9.17) is 4.42 Å². The number of rotatable bonds is 6. The lowest BCUT2D eigenvalue weighted by Gasteiger charge is -2.35. The Hall–Kier alpha value is -2.45. The fourth-order valence-electron chi connectivity index (χ4n) is 4.49. The predicted molar refractivity (Wildman–Crippen MR) is 121 cm³/mol. The van der Waals surface area contributed by atoms with E-state index in [0.717, 1.165) is 81.6 Å². The second-order valence-electron chi connectivity index (χ2n) is 9.05. The lowest BCUT2D eigenvalue weighted by atomic mass is 9.97. The summed E-state index contributed by atoms with van der Waals surface area (Å²) in [6, 6.07) is 6.77. The van der Waals surface area contributed by atoms with Crippen LogP contribution >= 0.6 is 0 Å². The van der Waals surface area contributed by atoms with Crippen molar-refractivity contribution in [3.8, 4) is 0 Å². The van der Waals surface area contributed by atoms with E-state index in [1.165, 1.54) is 6.07 Å². The minimum atomic E-state index is -0.200. The van der Waals surface area contributed by atoms with E-state index in [1.807, 2.05) is 24.8 Å². The molecule has 1 aromatic heterocycles. The smallest absolute Gasteiger partial charge is 0.317 e. The molecule has 7 nitrogen and oxygen atoms in total. The van der Waals surface area contributed by atoms with Crippen LogP contribution < -0.4 is 5.32 Å². The highest BCUT2D eigenvalue weighted by molar-refractivity contribution is 5.74. The molecule has 0 atom stereocenters. The number of carbonyl (C=O) groups excluding carboxylic acids is 1. The van der Waals surface area contributed by atoms with Gasteiger partial charge >= 0.3 is 6.03 Å². The number of halogens is 1.